The van der Waals surface area contributed by atoms with E-state index in [2.05, 4.69) is 6.58 Å². The number of carbonyl (C=O) groups is 2. The van der Waals surface area contributed by atoms with E-state index >= 15 is 0 Å². The van der Waals surface area contributed by atoms with Crippen LogP contribution >= 0.6 is 0 Å². The average Bonchev–Trinajstić information content (AvgIpc) is 2.95. The van der Waals surface area contributed by atoms with Crippen molar-refractivity contribution in [3.05, 3.63) is 24.3 Å². The van der Waals surface area contributed by atoms with Crippen LogP contribution in [0, 0.1) is 28.6 Å². The van der Waals surface area contributed by atoms with Gasteiger partial charge in [0.1, 0.15) is 11.0 Å². The molecule has 4 aliphatic carbocycles. The van der Waals surface area contributed by atoms with Crippen LogP contribution in [0.5, 0.6) is 0 Å². The first-order valence-electron chi connectivity index (χ1n) is 8.86. The van der Waals surface area contributed by atoms with Gasteiger partial charge in [-0.05, 0) is 49.7 Å². The molecule has 0 aromatic heterocycles. The molecule has 6 nitrogen and oxygen atoms in total. The van der Waals surface area contributed by atoms with Gasteiger partial charge in [0.25, 0.3) is 0 Å². The molecule has 0 aromatic carbocycles. The number of ether oxygens (including phenoxy) is 1. The number of carboxylic acids is 1. The number of hydrogen-bond donors (Lipinski definition) is 3. The number of fused-ring (bicyclic) bond motifs is 1. The summed E-state index contributed by atoms with van der Waals surface area (Å²) >= 11 is 0. The lowest BCUT2D eigenvalue weighted by Gasteiger charge is -2.44. The van der Waals surface area contributed by atoms with Crippen molar-refractivity contribution in [1.82, 2.24) is 0 Å². The second-order valence-electron chi connectivity index (χ2n) is 8.94. The second-order valence-corrected chi connectivity index (χ2v) is 8.94. The SMILES string of the molecule is C=C1C[C@@]23C[C@@]1(O)CC[C@@H]2[C@@]12C=C[C@@H](O)[C@@](C)(C(=O)O1)[C@@H]2[C@@H]3C(=O)O. The van der Waals surface area contributed by atoms with Gasteiger partial charge >= 0.3 is 11.9 Å². The monoisotopic (exact) mass is 346 g/mol. The van der Waals surface area contributed by atoms with E-state index in [4.69, 9.17) is 4.74 Å². The van der Waals surface area contributed by atoms with Gasteiger partial charge in [0.05, 0.1) is 17.6 Å². The Kier molecular flexibility index (Phi) is 2.50. The number of hydrogen-bond acceptors (Lipinski definition) is 5. The van der Waals surface area contributed by atoms with Gasteiger partial charge in [0.2, 0.25) is 0 Å². The molecule has 8 atom stereocenters. The van der Waals surface area contributed by atoms with Crippen LogP contribution in [-0.4, -0.2) is 44.6 Å². The van der Waals surface area contributed by atoms with Gasteiger partial charge in [-0.15, -0.1) is 0 Å². The zero-order chi connectivity index (χ0) is 18.0. The molecule has 0 aromatic rings. The maximum atomic E-state index is 12.7. The van der Waals surface area contributed by atoms with Crippen LogP contribution in [0.3, 0.4) is 0 Å². The Bertz CT molecular complexity index is 772. The highest BCUT2D eigenvalue weighted by molar-refractivity contribution is 5.86. The van der Waals surface area contributed by atoms with Crippen molar-refractivity contribution in [2.45, 2.75) is 49.9 Å². The summed E-state index contributed by atoms with van der Waals surface area (Å²) < 4.78 is 5.87. The molecule has 0 radical (unpaired) electrons. The summed E-state index contributed by atoms with van der Waals surface area (Å²) in [5, 5.41) is 31.6. The highest BCUT2D eigenvalue weighted by Gasteiger charge is 2.83. The van der Waals surface area contributed by atoms with Gasteiger partial charge in [-0.1, -0.05) is 12.7 Å². The predicted octanol–water partition coefficient (Wildman–Crippen LogP) is 1.03. The van der Waals surface area contributed by atoms with E-state index in [-0.39, 0.29) is 5.92 Å². The summed E-state index contributed by atoms with van der Waals surface area (Å²) in [7, 11) is 0. The molecule has 3 saturated carbocycles. The van der Waals surface area contributed by atoms with Crippen LogP contribution in [0.25, 0.3) is 0 Å². The highest BCUT2D eigenvalue weighted by atomic mass is 16.6. The topological polar surface area (TPSA) is 104 Å². The third-order valence-corrected chi connectivity index (χ3v) is 8.12. The Morgan fingerprint density at radius 3 is 2.84 bits per heavy atom. The molecule has 4 bridgehead atoms. The quantitative estimate of drug-likeness (QED) is 0.484. The molecule has 1 heterocycles. The van der Waals surface area contributed by atoms with E-state index in [1.807, 2.05) is 0 Å². The standard InChI is InChI=1S/C19H22O6/c1-9-7-17-8-18(9,24)5-3-10(17)19-6-4-11(20)16(2,15(23)25-19)13(19)12(17)14(21)22/h4,6,10-13,20,24H,1,3,5,7-8H2,2H3,(H,21,22)/t10-,11+,12+,13-,16+,17+,18-,19+/m0/s1. The van der Waals surface area contributed by atoms with Crippen LogP contribution in [0.15, 0.2) is 24.3 Å². The number of carboxylic acid groups (broad SMARTS) is 1. The van der Waals surface area contributed by atoms with Crippen molar-refractivity contribution in [2.75, 3.05) is 0 Å². The highest BCUT2D eigenvalue weighted by Crippen LogP contribution is 2.77. The first kappa shape index (κ1) is 15.6. The number of aliphatic hydroxyl groups excluding tert-OH is 1. The number of carbonyl (C=O) groups excluding carboxylic acids is 1. The molecule has 25 heavy (non-hydrogen) atoms. The molecule has 4 fully saturated rings. The number of rotatable bonds is 1. The van der Waals surface area contributed by atoms with E-state index in [9.17, 15) is 24.9 Å². The van der Waals surface area contributed by atoms with Gasteiger partial charge < -0.3 is 20.1 Å². The van der Waals surface area contributed by atoms with Crippen LogP contribution < -0.4 is 0 Å². The number of aliphatic carboxylic acids is 1. The minimum atomic E-state index is -1.27. The van der Waals surface area contributed by atoms with Crippen molar-refractivity contribution in [3.8, 4) is 0 Å². The van der Waals surface area contributed by atoms with Crippen LogP contribution in [0.2, 0.25) is 0 Å². The second kappa shape index (κ2) is 4.01. The molecule has 1 saturated heterocycles. The van der Waals surface area contributed by atoms with Gasteiger partial charge in [-0.2, -0.15) is 0 Å². The van der Waals surface area contributed by atoms with Crippen LogP contribution in [0.1, 0.15) is 32.6 Å². The van der Waals surface area contributed by atoms with Crippen LogP contribution in [0.4, 0.5) is 0 Å². The van der Waals surface area contributed by atoms with Crippen molar-refractivity contribution >= 4 is 11.9 Å². The summed E-state index contributed by atoms with van der Waals surface area (Å²) in [6, 6.07) is 0. The Hall–Kier alpha value is -1.66. The molecule has 3 N–H and O–H groups in total. The molecule has 0 amide bonds. The van der Waals surface area contributed by atoms with E-state index in [1.54, 1.807) is 19.1 Å². The smallest absolute Gasteiger partial charge is 0.316 e. The first-order valence-corrected chi connectivity index (χ1v) is 8.86. The molecular weight excluding hydrogens is 324 g/mol. The molecule has 5 rings (SSSR count). The summed E-state index contributed by atoms with van der Waals surface area (Å²) in [6.07, 6.45) is 4.11. The van der Waals surface area contributed by atoms with Crippen LogP contribution in [-0.2, 0) is 14.3 Å². The minimum Gasteiger partial charge on any atom is -0.481 e. The Labute approximate surface area is 145 Å². The lowest BCUT2D eigenvalue weighted by atomic mass is 9.61. The largest absolute Gasteiger partial charge is 0.481 e. The maximum Gasteiger partial charge on any atom is 0.316 e. The third kappa shape index (κ3) is 1.36. The van der Waals surface area contributed by atoms with Crippen molar-refractivity contribution < 1.29 is 29.6 Å². The van der Waals surface area contributed by atoms with E-state index < -0.39 is 51.9 Å². The lowest BCUT2D eigenvalue weighted by Crippen LogP contribution is -2.50. The normalized spacial score (nSPS) is 58.0. The molecule has 6 heteroatoms. The Balaban J connectivity index is 1.78. The van der Waals surface area contributed by atoms with Gasteiger partial charge in [0, 0.05) is 11.8 Å². The number of aliphatic hydroxyl groups is 2. The summed E-state index contributed by atoms with van der Waals surface area (Å²) in [6.45, 7) is 5.64. The molecular formula is C19H22O6. The fraction of sp³-hybridized carbons (Fsp3) is 0.684. The Morgan fingerprint density at radius 1 is 1.44 bits per heavy atom. The zero-order valence-corrected chi connectivity index (χ0v) is 14.1. The fourth-order valence-corrected chi connectivity index (χ4v) is 7.13. The third-order valence-electron chi connectivity index (χ3n) is 8.12. The summed E-state index contributed by atoms with van der Waals surface area (Å²) in [5.74, 6) is -3.18. The lowest BCUT2D eigenvalue weighted by molar-refractivity contribution is -0.163. The van der Waals surface area contributed by atoms with Crippen molar-refractivity contribution in [2.24, 2.45) is 28.6 Å². The summed E-state index contributed by atoms with van der Waals surface area (Å²) in [4.78, 5) is 25.1. The van der Waals surface area contributed by atoms with Gasteiger partial charge in [-0.3, -0.25) is 9.59 Å². The predicted molar refractivity (Wildman–Crippen MR) is 85.2 cm³/mol. The zero-order valence-electron chi connectivity index (χ0n) is 14.1. The molecule has 0 unspecified atom stereocenters. The van der Waals surface area contributed by atoms with E-state index in [1.165, 1.54) is 0 Å². The Morgan fingerprint density at radius 2 is 2.16 bits per heavy atom. The average molecular weight is 346 g/mol. The maximum absolute atomic E-state index is 12.7. The first-order chi connectivity index (χ1) is 11.6. The van der Waals surface area contributed by atoms with Gasteiger partial charge in [0.15, 0.2) is 0 Å². The molecule has 134 valence electrons. The van der Waals surface area contributed by atoms with E-state index in [0.29, 0.717) is 31.3 Å². The molecule has 1 aliphatic heterocycles. The fourth-order valence-electron chi connectivity index (χ4n) is 7.13. The minimum absolute atomic E-state index is 0.180. The molecule has 5 aliphatic rings. The van der Waals surface area contributed by atoms with Gasteiger partial charge in [-0.25, -0.2) is 0 Å². The molecule has 1 spiro atoms. The van der Waals surface area contributed by atoms with Crippen molar-refractivity contribution in [1.29, 1.82) is 0 Å². The van der Waals surface area contributed by atoms with Crippen molar-refractivity contribution in [3.63, 3.8) is 0 Å². The number of esters is 1. The van der Waals surface area contributed by atoms with E-state index in [0.717, 1.165) is 0 Å². The summed E-state index contributed by atoms with van der Waals surface area (Å²) in [5.41, 5.74) is -3.29.